The van der Waals surface area contributed by atoms with Crippen LogP contribution in [-0.4, -0.2) is 35.4 Å². The van der Waals surface area contributed by atoms with E-state index in [-0.39, 0.29) is 18.0 Å². The number of carbonyl (C=O) groups excluding carboxylic acids is 1. The summed E-state index contributed by atoms with van der Waals surface area (Å²) in [6.45, 7) is 1.44. The van der Waals surface area contributed by atoms with Gasteiger partial charge >= 0.3 is 5.97 Å². The number of carbonyl (C=O) groups is 2. The lowest BCUT2D eigenvalue weighted by atomic mass is 10.2. The molecule has 0 radical (unpaired) electrons. The topological polar surface area (TPSA) is 111 Å². The summed E-state index contributed by atoms with van der Waals surface area (Å²) < 4.78 is 15.7. The number of carboxylic acids is 1. The fraction of sp³-hybridized carbons (Fsp3) is 0.267. The largest absolute Gasteiger partial charge is 0.490 e. The summed E-state index contributed by atoms with van der Waals surface area (Å²) in [6, 6.07) is 6.48. The molecule has 2 aromatic rings. The standard InChI is InChI=1S/C15H14N2O6/c18-14(10-7-13(15(19)20)23-17-10)16-8-9-2-3-11-12(6-9)22-5-1-4-21-11/h2-3,6-7H,1,4-5,8H2,(H,16,18)(H,19,20). The lowest BCUT2D eigenvalue weighted by molar-refractivity contribution is 0.0651. The van der Waals surface area contributed by atoms with Gasteiger partial charge in [-0.25, -0.2) is 4.79 Å². The highest BCUT2D eigenvalue weighted by atomic mass is 16.5. The van der Waals surface area contributed by atoms with E-state index in [0.29, 0.717) is 24.7 Å². The number of benzene rings is 1. The van der Waals surface area contributed by atoms with Crippen LogP contribution in [0.15, 0.2) is 28.8 Å². The highest BCUT2D eigenvalue weighted by Gasteiger charge is 2.17. The van der Waals surface area contributed by atoms with Gasteiger partial charge in [-0.3, -0.25) is 4.79 Å². The minimum atomic E-state index is -1.28. The van der Waals surface area contributed by atoms with Gasteiger partial charge in [-0.05, 0) is 17.7 Å². The van der Waals surface area contributed by atoms with Crippen LogP contribution in [0.4, 0.5) is 0 Å². The van der Waals surface area contributed by atoms with E-state index < -0.39 is 11.9 Å². The van der Waals surface area contributed by atoms with Crippen LogP contribution < -0.4 is 14.8 Å². The molecule has 23 heavy (non-hydrogen) atoms. The molecule has 2 heterocycles. The number of rotatable bonds is 4. The average molecular weight is 318 g/mol. The van der Waals surface area contributed by atoms with Gasteiger partial charge < -0.3 is 24.4 Å². The number of hydrogen-bond donors (Lipinski definition) is 2. The number of aromatic nitrogens is 1. The van der Waals surface area contributed by atoms with Crippen LogP contribution in [0.1, 0.15) is 33.0 Å². The van der Waals surface area contributed by atoms with Crippen molar-refractivity contribution in [2.45, 2.75) is 13.0 Å². The molecule has 1 aliphatic rings. The van der Waals surface area contributed by atoms with E-state index in [4.69, 9.17) is 14.6 Å². The second-order valence-electron chi connectivity index (χ2n) is 4.90. The average Bonchev–Trinajstić information content (AvgIpc) is 2.93. The zero-order valence-electron chi connectivity index (χ0n) is 12.1. The first-order chi connectivity index (χ1) is 11.1. The van der Waals surface area contributed by atoms with Crippen molar-refractivity contribution < 1.29 is 28.7 Å². The Hall–Kier alpha value is -3.03. The molecule has 0 fully saturated rings. The third kappa shape index (κ3) is 3.42. The quantitative estimate of drug-likeness (QED) is 0.878. The molecule has 0 aliphatic carbocycles. The predicted octanol–water partition coefficient (Wildman–Crippen LogP) is 1.46. The minimum Gasteiger partial charge on any atom is -0.490 e. The van der Waals surface area contributed by atoms with Gasteiger partial charge in [0, 0.05) is 19.0 Å². The Morgan fingerprint density at radius 1 is 1.17 bits per heavy atom. The summed E-state index contributed by atoms with van der Waals surface area (Å²) in [5, 5.41) is 14.8. The van der Waals surface area contributed by atoms with E-state index in [1.54, 1.807) is 12.1 Å². The normalized spacial score (nSPS) is 13.2. The Morgan fingerprint density at radius 2 is 1.96 bits per heavy atom. The first-order valence-electron chi connectivity index (χ1n) is 7.00. The summed E-state index contributed by atoms with van der Waals surface area (Å²) in [5.74, 6) is -0.859. The van der Waals surface area contributed by atoms with Crippen molar-refractivity contribution in [2.75, 3.05) is 13.2 Å². The van der Waals surface area contributed by atoms with E-state index in [2.05, 4.69) is 15.0 Å². The van der Waals surface area contributed by atoms with Crippen LogP contribution in [-0.2, 0) is 6.54 Å². The number of fused-ring (bicyclic) bond motifs is 1. The molecule has 8 nitrogen and oxygen atoms in total. The van der Waals surface area contributed by atoms with Gasteiger partial charge in [0.05, 0.1) is 13.2 Å². The molecule has 8 heteroatoms. The molecule has 2 N–H and O–H groups in total. The van der Waals surface area contributed by atoms with E-state index in [1.807, 2.05) is 6.07 Å². The van der Waals surface area contributed by atoms with Crippen LogP contribution in [0.5, 0.6) is 11.5 Å². The first kappa shape index (κ1) is 14.9. The van der Waals surface area contributed by atoms with Gasteiger partial charge in [-0.2, -0.15) is 0 Å². The maximum Gasteiger partial charge on any atom is 0.374 e. The van der Waals surface area contributed by atoms with Gasteiger partial charge in [-0.1, -0.05) is 11.2 Å². The van der Waals surface area contributed by atoms with Crippen LogP contribution in [0.3, 0.4) is 0 Å². The van der Waals surface area contributed by atoms with Gasteiger partial charge in [0.25, 0.3) is 5.91 Å². The number of nitrogens with one attached hydrogen (secondary N) is 1. The summed E-state index contributed by atoms with van der Waals surface area (Å²) in [4.78, 5) is 22.6. The SMILES string of the molecule is O=C(NCc1ccc2c(c1)OCCCO2)c1cc(C(=O)O)on1. The smallest absolute Gasteiger partial charge is 0.374 e. The third-order valence-corrected chi connectivity index (χ3v) is 3.22. The van der Waals surface area contributed by atoms with Crippen molar-refractivity contribution in [3.8, 4) is 11.5 Å². The lowest BCUT2D eigenvalue weighted by Crippen LogP contribution is -2.23. The molecule has 0 atom stereocenters. The zero-order valence-corrected chi connectivity index (χ0v) is 12.1. The van der Waals surface area contributed by atoms with Crippen molar-refractivity contribution in [3.63, 3.8) is 0 Å². The number of hydrogen-bond acceptors (Lipinski definition) is 6. The van der Waals surface area contributed by atoms with E-state index in [9.17, 15) is 9.59 Å². The summed E-state index contributed by atoms with van der Waals surface area (Å²) in [5.41, 5.74) is 0.737. The molecule has 0 unspecified atom stereocenters. The number of ether oxygens (including phenoxy) is 2. The number of carboxylic acid groups (broad SMARTS) is 1. The zero-order chi connectivity index (χ0) is 16.2. The Kier molecular flexibility index (Phi) is 4.13. The van der Waals surface area contributed by atoms with Gasteiger partial charge in [0.1, 0.15) is 0 Å². The third-order valence-electron chi connectivity index (χ3n) is 3.22. The van der Waals surface area contributed by atoms with Crippen molar-refractivity contribution in [2.24, 2.45) is 0 Å². The monoisotopic (exact) mass is 318 g/mol. The van der Waals surface area contributed by atoms with Crippen molar-refractivity contribution in [3.05, 3.63) is 41.3 Å². The molecule has 0 saturated heterocycles. The van der Waals surface area contributed by atoms with Crippen LogP contribution >= 0.6 is 0 Å². The van der Waals surface area contributed by atoms with Crippen molar-refractivity contribution >= 4 is 11.9 Å². The molecule has 1 amide bonds. The lowest BCUT2D eigenvalue weighted by Gasteiger charge is -2.09. The Bertz CT molecular complexity index is 739. The van der Waals surface area contributed by atoms with E-state index in [0.717, 1.165) is 18.1 Å². The first-order valence-corrected chi connectivity index (χ1v) is 7.00. The van der Waals surface area contributed by atoms with Crippen LogP contribution in [0.2, 0.25) is 0 Å². The van der Waals surface area contributed by atoms with E-state index >= 15 is 0 Å². The van der Waals surface area contributed by atoms with Crippen molar-refractivity contribution in [1.29, 1.82) is 0 Å². The second-order valence-corrected chi connectivity index (χ2v) is 4.90. The Balaban J connectivity index is 1.64. The predicted molar refractivity (Wildman–Crippen MR) is 76.7 cm³/mol. The fourth-order valence-electron chi connectivity index (χ4n) is 2.07. The highest BCUT2D eigenvalue weighted by Crippen LogP contribution is 2.30. The number of amides is 1. The molecular formula is C15H14N2O6. The summed E-state index contributed by atoms with van der Waals surface area (Å²) in [7, 11) is 0. The number of nitrogens with zero attached hydrogens (tertiary/aromatic N) is 1. The Morgan fingerprint density at radius 3 is 2.70 bits per heavy atom. The van der Waals surface area contributed by atoms with Gasteiger partial charge in [-0.15, -0.1) is 0 Å². The molecule has 0 bridgehead atoms. The Labute approximate surface area is 131 Å². The summed E-state index contributed by atoms with van der Waals surface area (Å²) in [6.07, 6.45) is 0.818. The van der Waals surface area contributed by atoms with Gasteiger partial charge in [0.2, 0.25) is 5.76 Å². The van der Waals surface area contributed by atoms with Crippen LogP contribution in [0.25, 0.3) is 0 Å². The number of aromatic carboxylic acids is 1. The molecule has 1 aliphatic heterocycles. The maximum absolute atomic E-state index is 11.9. The molecule has 0 saturated carbocycles. The highest BCUT2D eigenvalue weighted by molar-refractivity contribution is 5.94. The van der Waals surface area contributed by atoms with Gasteiger partial charge in [0.15, 0.2) is 17.2 Å². The van der Waals surface area contributed by atoms with Crippen LogP contribution in [0, 0.1) is 0 Å². The molecule has 0 spiro atoms. The maximum atomic E-state index is 11.9. The molecular weight excluding hydrogens is 304 g/mol. The van der Waals surface area contributed by atoms with E-state index in [1.165, 1.54) is 0 Å². The molecule has 1 aromatic heterocycles. The molecule has 1 aromatic carbocycles. The minimum absolute atomic E-state index is 0.0863. The van der Waals surface area contributed by atoms with Crippen molar-refractivity contribution in [1.82, 2.24) is 10.5 Å². The molecule has 3 rings (SSSR count). The second kappa shape index (κ2) is 6.39. The molecule has 120 valence electrons. The fourth-order valence-corrected chi connectivity index (χ4v) is 2.07. The summed E-state index contributed by atoms with van der Waals surface area (Å²) >= 11 is 0.